The zero-order valence-corrected chi connectivity index (χ0v) is 13.9. The predicted molar refractivity (Wildman–Crippen MR) is 85.1 cm³/mol. The van der Waals surface area contributed by atoms with Crippen LogP contribution in [0.2, 0.25) is 0 Å². The van der Waals surface area contributed by atoms with Crippen molar-refractivity contribution in [3.8, 4) is 0 Å². The lowest BCUT2D eigenvalue weighted by atomic mass is 10.1. The third kappa shape index (κ3) is 6.73. The van der Waals surface area contributed by atoms with Gasteiger partial charge in [-0.05, 0) is 50.2 Å². The Morgan fingerprint density at radius 3 is 2.29 bits per heavy atom. The second-order valence-corrected chi connectivity index (χ2v) is 7.78. The van der Waals surface area contributed by atoms with Crippen LogP contribution in [0.3, 0.4) is 0 Å². The number of rotatable bonds is 7. The van der Waals surface area contributed by atoms with Crippen LogP contribution in [0.15, 0.2) is 29.2 Å². The van der Waals surface area contributed by atoms with Gasteiger partial charge in [0.15, 0.2) is 9.84 Å². The first kappa shape index (κ1) is 17.7. The van der Waals surface area contributed by atoms with Crippen LogP contribution in [0.1, 0.15) is 20.3 Å². The van der Waals surface area contributed by atoms with Gasteiger partial charge >= 0.3 is 0 Å². The van der Waals surface area contributed by atoms with Crippen molar-refractivity contribution in [3.63, 3.8) is 0 Å². The minimum absolute atomic E-state index is 0.103. The molecule has 0 bridgehead atoms. The van der Waals surface area contributed by atoms with Crippen LogP contribution in [0.25, 0.3) is 0 Å². The Morgan fingerprint density at radius 1 is 1.24 bits per heavy atom. The molecule has 0 fully saturated rings. The van der Waals surface area contributed by atoms with Crippen LogP contribution < -0.4 is 5.32 Å². The van der Waals surface area contributed by atoms with Crippen LogP contribution in [0.4, 0.5) is 5.69 Å². The summed E-state index contributed by atoms with van der Waals surface area (Å²) in [5.74, 6) is 0.507. The molecule has 21 heavy (non-hydrogen) atoms. The van der Waals surface area contributed by atoms with Crippen molar-refractivity contribution in [1.29, 1.82) is 0 Å². The first-order valence-corrected chi connectivity index (χ1v) is 8.86. The van der Waals surface area contributed by atoms with Crippen molar-refractivity contribution < 1.29 is 13.2 Å². The molecule has 0 atom stereocenters. The van der Waals surface area contributed by atoms with E-state index in [-0.39, 0.29) is 10.8 Å². The molecule has 0 aliphatic rings. The smallest absolute Gasteiger partial charge is 0.238 e. The first-order chi connectivity index (χ1) is 9.68. The van der Waals surface area contributed by atoms with Gasteiger partial charge in [0.1, 0.15) is 0 Å². The Kier molecular flexibility index (Phi) is 6.36. The quantitative estimate of drug-likeness (QED) is 0.836. The van der Waals surface area contributed by atoms with Gasteiger partial charge in [0.2, 0.25) is 5.91 Å². The van der Waals surface area contributed by atoms with E-state index in [0.717, 1.165) is 19.2 Å². The third-order valence-electron chi connectivity index (χ3n) is 3.07. The fourth-order valence-corrected chi connectivity index (χ4v) is 2.42. The lowest BCUT2D eigenvalue weighted by molar-refractivity contribution is -0.117. The normalized spacial score (nSPS) is 11.9. The fraction of sp³-hybridized carbons (Fsp3) is 0.533. The summed E-state index contributed by atoms with van der Waals surface area (Å²) < 4.78 is 22.7. The van der Waals surface area contributed by atoms with E-state index in [9.17, 15) is 13.2 Å². The largest absolute Gasteiger partial charge is 0.325 e. The maximum Gasteiger partial charge on any atom is 0.238 e. The molecular formula is C15H24N2O3S. The number of carbonyl (C=O) groups is 1. The average Bonchev–Trinajstić information content (AvgIpc) is 2.35. The summed E-state index contributed by atoms with van der Waals surface area (Å²) in [6.07, 6.45) is 2.21. The predicted octanol–water partition coefficient (Wildman–Crippen LogP) is 2.01. The minimum atomic E-state index is -3.20. The molecule has 1 amide bonds. The molecule has 0 aromatic heterocycles. The Balaban J connectivity index is 2.51. The molecule has 0 saturated carbocycles. The van der Waals surface area contributed by atoms with Gasteiger partial charge < -0.3 is 5.32 Å². The van der Waals surface area contributed by atoms with Crippen LogP contribution in [-0.2, 0) is 14.6 Å². The van der Waals surface area contributed by atoms with Gasteiger partial charge in [-0.15, -0.1) is 0 Å². The summed E-state index contributed by atoms with van der Waals surface area (Å²) in [6.45, 7) is 5.49. The Bertz CT molecular complexity index is 565. The van der Waals surface area contributed by atoms with Gasteiger partial charge in [0.05, 0.1) is 11.4 Å². The number of sulfone groups is 1. The number of likely N-dealkylation sites (N-methyl/N-ethyl adjacent to an activating group) is 1. The molecule has 5 nitrogen and oxygen atoms in total. The number of amides is 1. The van der Waals surface area contributed by atoms with Gasteiger partial charge in [-0.1, -0.05) is 13.8 Å². The Labute approximate surface area is 127 Å². The average molecular weight is 312 g/mol. The van der Waals surface area contributed by atoms with E-state index in [1.165, 1.54) is 12.1 Å². The van der Waals surface area contributed by atoms with E-state index in [4.69, 9.17) is 0 Å². The Morgan fingerprint density at radius 2 is 1.81 bits per heavy atom. The topological polar surface area (TPSA) is 66.5 Å². The molecule has 1 rings (SSSR count). The number of anilines is 1. The highest BCUT2D eigenvalue weighted by atomic mass is 32.2. The summed E-state index contributed by atoms with van der Waals surface area (Å²) in [4.78, 5) is 14.1. The highest BCUT2D eigenvalue weighted by Gasteiger charge is 2.09. The molecule has 6 heteroatoms. The summed E-state index contributed by atoms with van der Waals surface area (Å²) in [5, 5.41) is 2.76. The lowest BCUT2D eigenvalue weighted by Crippen LogP contribution is -2.31. The number of hydrogen-bond acceptors (Lipinski definition) is 4. The zero-order valence-electron chi connectivity index (χ0n) is 13.1. The fourth-order valence-electron chi connectivity index (χ4n) is 1.79. The van der Waals surface area contributed by atoms with Crippen LogP contribution in [0.5, 0.6) is 0 Å². The minimum Gasteiger partial charge on any atom is -0.325 e. The van der Waals surface area contributed by atoms with E-state index in [1.807, 2.05) is 11.9 Å². The van der Waals surface area contributed by atoms with Gasteiger partial charge in [0, 0.05) is 11.9 Å². The van der Waals surface area contributed by atoms with Crippen molar-refractivity contribution in [2.24, 2.45) is 5.92 Å². The van der Waals surface area contributed by atoms with Crippen molar-refractivity contribution in [2.75, 3.05) is 31.7 Å². The summed E-state index contributed by atoms with van der Waals surface area (Å²) in [7, 11) is -1.29. The van der Waals surface area contributed by atoms with Crippen LogP contribution >= 0.6 is 0 Å². The second kappa shape index (κ2) is 7.56. The molecule has 0 saturated heterocycles. The molecule has 0 radical (unpaired) electrons. The number of carbonyl (C=O) groups excluding carboxylic acids is 1. The molecule has 0 heterocycles. The van der Waals surface area contributed by atoms with Crippen molar-refractivity contribution in [2.45, 2.75) is 25.2 Å². The molecule has 0 unspecified atom stereocenters. The third-order valence-corrected chi connectivity index (χ3v) is 4.20. The number of nitrogens with one attached hydrogen (secondary N) is 1. The van der Waals surface area contributed by atoms with Crippen LogP contribution in [-0.4, -0.2) is 45.6 Å². The molecule has 0 spiro atoms. The van der Waals surface area contributed by atoms with E-state index < -0.39 is 9.84 Å². The van der Waals surface area contributed by atoms with Crippen molar-refractivity contribution in [3.05, 3.63) is 24.3 Å². The molecule has 118 valence electrons. The first-order valence-electron chi connectivity index (χ1n) is 6.97. The SMILES string of the molecule is CC(C)CCN(C)CC(=O)Nc1ccc(S(C)(=O)=O)cc1. The zero-order chi connectivity index (χ0) is 16.0. The van der Waals surface area contributed by atoms with Crippen molar-refractivity contribution in [1.82, 2.24) is 4.90 Å². The van der Waals surface area contributed by atoms with E-state index in [1.54, 1.807) is 12.1 Å². The van der Waals surface area contributed by atoms with Gasteiger partial charge in [-0.3, -0.25) is 9.69 Å². The van der Waals surface area contributed by atoms with Gasteiger partial charge in [-0.2, -0.15) is 0 Å². The van der Waals surface area contributed by atoms with E-state index >= 15 is 0 Å². The second-order valence-electron chi connectivity index (χ2n) is 5.77. The number of hydrogen-bond donors (Lipinski definition) is 1. The maximum atomic E-state index is 11.9. The van der Waals surface area contributed by atoms with Crippen LogP contribution in [0, 0.1) is 5.92 Å². The Hall–Kier alpha value is -1.40. The molecule has 0 aliphatic heterocycles. The van der Waals surface area contributed by atoms with Gasteiger partial charge in [-0.25, -0.2) is 8.42 Å². The number of benzene rings is 1. The summed E-state index contributed by atoms with van der Waals surface area (Å²) >= 11 is 0. The van der Waals surface area contributed by atoms with E-state index in [2.05, 4.69) is 19.2 Å². The standard InChI is InChI=1S/C15H24N2O3S/c1-12(2)9-10-17(3)11-15(18)16-13-5-7-14(8-6-13)21(4,19)20/h5-8,12H,9-11H2,1-4H3,(H,16,18). The molecule has 0 aliphatic carbocycles. The molecular weight excluding hydrogens is 288 g/mol. The molecule has 1 N–H and O–H groups in total. The highest BCUT2D eigenvalue weighted by Crippen LogP contribution is 2.13. The highest BCUT2D eigenvalue weighted by molar-refractivity contribution is 7.90. The number of nitrogens with zero attached hydrogens (tertiary/aromatic N) is 1. The monoisotopic (exact) mass is 312 g/mol. The van der Waals surface area contributed by atoms with Crippen molar-refractivity contribution >= 4 is 21.4 Å². The summed E-state index contributed by atoms with van der Waals surface area (Å²) in [5.41, 5.74) is 0.602. The van der Waals surface area contributed by atoms with E-state index in [0.29, 0.717) is 18.2 Å². The summed E-state index contributed by atoms with van der Waals surface area (Å²) in [6, 6.07) is 6.19. The molecule has 1 aromatic rings. The maximum absolute atomic E-state index is 11.9. The van der Waals surface area contributed by atoms with Gasteiger partial charge in [0.25, 0.3) is 0 Å². The lowest BCUT2D eigenvalue weighted by Gasteiger charge is -2.17. The molecule has 1 aromatic carbocycles.